The lowest BCUT2D eigenvalue weighted by Gasteiger charge is -2.06. The Kier molecular flexibility index (Phi) is 4.47. The molecule has 112 valence electrons. The lowest BCUT2D eigenvalue weighted by atomic mass is 10.1. The van der Waals surface area contributed by atoms with Crippen molar-refractivity contribution < 1.29 is 18.7 Å². The molecule has 0 bridgehead atoms. The molecule has 0 fully saturated rings. The molecule has 0 aliphatic rings. The van der Waals surface area contributed by atoms with Gasteiger partial charge in [-0.15, -0.1) is 11.3 Å². The molecule has 0 radical (unpaired) electrons. The molecule has 1 N–H and O–H groups in total. The molecule has 2 heterocycles. The quantitative estimate of drug-likeness (QED) is 0.875. The van der Waals surface area contributed by atoms with E-state index in [4.69, 9.17) is 9.15 Å². The van der Waals surface area contributed by atoms with Gasteiger partial charge in [-0.05, 0) is 45.4 Å². The normalized spacial score (nSPS) is 10.5. The van der Waals surface area contributed by atoms with E-state index in [1.165, 1.54) is 11.3 Å². The van der Waals surface area contributed by atoms with Gasteiger partial charge in [-0.1, -0.05) is 0 Å². The van der Waals surface area contributed by atoms with Crippen LogP contribution in [0.1, 0.15) is 44.0 Å². The molecule has 2 aromatic rings. The average molecular weight is 307 g/mol. The molecule has 0 unspecified atom stereocenters. The van der Waals surface area contributed by atoms with Gasteiger partial charge in [-0.25, -0.2) is 4.79 Å². The number of amides is 1. The molecule has 6 heteroatoms. The van der Waals surface area contributed by atoms with Crippen LogP contribution < -0.4 is 5.32 Å². The van der Waals surface area contributed by atoms with Crippen molar-refractivity contribution in [3.8, 4) is 0 Å². The summed E-state index contributed by atoms with van der Waals surface area (Å²) < 4.78 is 10.3. The first-order valence-electron chi connectivity index (χ1n) is 6.59. The Morgan fingerprint density at radius 1 is 1.29 bits per heavy atom. The Hall–Kier alpha value is -2.08. The van der Waals surface area contributed by atoms with Gasteiger partial charge in [0.15, 0.2) is 5.76 Å². The van der Waals surface area contributed by atoms with Crippen molar-refractivity contribution in [2.45, 2.75) is 27.7 Å². The Morgan fingerprint density at radius 3 is 2.57 bits per heavy atom. The monoisotopic (exact) mass is 307 g/mol. The first-order valence-corrected chi connectivity index (χ1v) is 7.40. The molecule has 0 saturated heterocycles. The summed E-state index contributed by atoms with van der Waals surface area (Å²) in [6, 6.07) is 3.31. The van der Waals surface area contributed by atoms with E-state index in [0.717, 1.165) is 10.4 Å². The number of carbonyl (C=O) groups is 2. The second-order valence-corrected chi connectivity index (χ2v) is 5.80. The van der Waals surface area contributed by atoms with Crippen molar-refractivity contribution in [3.63, 3.8) is 0 Å². The van der Waals surface area contributed by atoms with Gasteiger partial charge >= 0.3 is 5.97 Å². The Bertz CT molecular complexity index is 684. The van der Waals surface area contributed by atoms with E-state index < -0.39 is 5.97 Å². The number of esters is 1. The second kappa shape index (κ2) is 6.13. The molecule has 0 aliphatic carbocycles. The van der Waals surface area contributed by atoms with E-state index in [2.05, 4.69) is 5.32 Å². The average Bonchev–Trinajstić information content (AvgIpc) is 2.95. The van der Waals surface area contributed by atoms with E-state index >= 15 is 0 Å². The summed E-state index contributed by atoms with van der Waals surface area (Å²) in [5.41, 5.74) is 1.24. The zero-order valence-electron chi connectivity index (χ0n) is 12.4. The zero-order valence-corrected chi connectivity index (χ0v) is 13.2. The fourth-order valence-corrected chi connectivity index (χ4v) is 2.93. The van der Waals surface area contributed by atoms with Crippen molar-refractivity contribution in [1.29, 1.82) is 0 Å². The summed E-state index contributed by atoms with van der Waals surface area (Å²) in [5, 5.41) is 3.21. The van der Waals surface area contributed by atoms with Crippen LogP contribution in [0, 0.1) is 20.8 Å². The van der Waals surface area contributed by atoms with E-state index in [1.54, 1.807) is 26.0 Å². The van der Waals surface area contributed by atoms with Gasteiger partial charge in [0.1, 0.15) is 10.8 Å². The van der Waals surface area contributed by atoms with Crippen LogP contribution >= 0.6 is 11.3 Å². The number of hydrogen-bond acceptors (Lipinski definition) is 5. The maximum absolute atomic E-state index is 12.1. The van der Waals surface area contributed by atoms with Gasteiger partial charge in [0.05, 0.1) is 12.2 Å². The summed E-state index contributed by atoms with van der Waals surface area (Å²) in [6.07, 6.45) is 0. The van der Waals surface area contributed by atoms with Crippen molar-refractivity contribution >= 4 is 28.2 Å². The fourth-order valence-electron chi connectivity index (χ4n) is 1.89. The molecular weight excluding hydrogens is 290 g/mol. The molecule has 2 aromatic heterocycles. The van der Waals surface area contributed by atoms with E-state index in [-0.39, 0.29) is 18.3 Å². The lowest BCUT2D eigenvalue weighted by Crippen LogP contribution is -2.14. The number of furan rings is 1. The highest BCUT2D eigenvalue weighted by Gasteiger charge is 2.23. The van der Waals surface area contributed by atoms with Crippen LogP contribution in [0.2, 0.25) is 0 Å². The zero-order chi connectivity index (χ0) is 15.6. The minimum atomic E-state index is -0.426. The summed E-state index contributed by atoms with van der Waals surface area (Å²) in [7, 11) is 0. The first-order chi connectivity index (χ1) is 9.93. The molecule has 5 nitrogen and oxygen atoms in total. The number of aryl methyl sites for hydroxylation is 2. The number of nitrogens with one attached hydrogen (secondary N) is 1. The third-order valence-corrected chi connectivity index (χ3v) is 4.18. The van der Waals surface area contributed by atoms with Crippen LogP contribution in [0.4, 0.5) is 5.00 Å². The van der Waals surface area contributed by atoms with Crippen molar-refractivity contribution in [2.75, 3.05) is 11.9 Å². The van der Waals surface area contributed by atoms with Crippen molar-refractivity contribution in [2.24, 2.45) is 0 Å². The summed E-state index contributed by atoms with van der Waals surface area (Å²) in [4.78, 5) is 25.1. The van der Waals surface area contributed by atoms with Crippen molar-refractivity contribution in [1.82, 2.24) is 0 Å². The van der Waals surface area contributed by atoms with Gasteiger partial charge in [-0.2, -0.15) is 0 Å². The Balaban J connectivity index is 2.29. The minimum Gasteiger partial charge on any atom is -0.462 e. The SMILES string of the molecule is CCOC(=O)c1c(NC(=O)c2ccc(C)o2)sc(C)c1C. The van der Waals surface area contributed by atoms with Gasteiger partial charge in [0.25, 0.3) is 5.91 Å². The van der Waals surface area contributed by atoms with Gasteiger partial charge in [-0.3, -0.25) is 4.79 Å². The van der Waals surface area contributed by atoms with E-state index in [0.29, 0.717) is 16.3 Å². The molecule has 0 saturated carbocycles. The molecule has 1 amide bonds. The van der Waals surface area contributed by atoms with Crippen LogP contribution in [-0.4, -0.2) is 18.5 Å². The molecule has 0 aliphatic heterocycles. The van der Waals surface area contributed by atoms with Gasteiger partial charge in [0, 0.05) is 4.88 Å². The second-order valence-electron chi connectivity index (χ2n) is 4.57. The predicted octanol–water partition coefficient (Wildman–Crippen LogP) is 3.70. The molecular formula is C15H17NO4S. The van der Waals surface area contributed by atoms with Crippen molar-refractivity contribution in [3.05, 3.63) is 39.7 Å². The Morgan fingerprint density at radius 2 is 2.00 bits per heavy atom. The van der Waals surface area contributed by atoms with Crippen LogP contribution in [0.25, 0.3) is 0 Å². The number of carbonyl (C=O) groups excluding carboxylic acids is 2. The maximum Gasteiger partial charge on any atom is 0.341 e. The smallest absolute Gasteiger partial charge is 0.341 e. The highest BCUT2D eigenvalue weighted by molar-refractivity contribution is 7.16. The van der Waals surface area contributed by atoms with E-state index in [9.17, 15) is 9.59 Å². The highest BCUT2D eigenvalue weighted by atomic mass is 32.1. The summed E-state index contributed by atoms with van der Waals surface area (Å²) >= 11 is 1.35. The third kappa shape index (κ3) is 3.16. The molecule has 2 rings (SSSR count). The lowest BCUT2D eigenvalue weighted by molar-refractivity contribution is 0.0527. The highest BCUT2D eigenvalue weighted by Crippen LogP contribution is 2.33. The standard InChI is InChI=1S/C15H17NO4S/c1-5-19-15(18)12-9(3)10(4)21-14(12)16-13(17)11-7-6-8(2)20-11/h6-7H,5H2,1-4H3,(H,16,17). The molecule has 0 spiro atoms. The minimum absolute atomic E-state index is 0.214. The number of anilines is 1. The third-order valence-electron chi connectivity index (χ3n) is 3.06. The molecule has 21 heavy (non-hydrogen) atoms. The summed E-state index contributed by atoms with van der Waals surface area (Å²) in [6.45, 7) is 7.54. The number of thiophene rings is 1. The van der Waals surface area contributed by atoms with Crippen LogP contribution in [0.3, 0.4) is 0 Å². The Labute approximate surface area is 126 Å². The molecule has 0 atom stereocenters. The van der Waals surface area contributed by atoms with Gasteiger partial charge in [0.2, 0.25) is 0 Å². The molecule has 0 aromatic carbocycles. The largest absolute Gasteiger partial charge is 0.462 e. The fraction of sp³-hybridized carbons (Fsp3) is 0.333. The maximum atomic E-state index is 12.1. The number of rotatable bonds is 4. The predicted molar refractivity (Wildman–Crippen MR) is 81.1 cm³/mol. The van der Waals surface area contributed by atoms with E-state index in [1.807, 2.05) is 13.8 Å². The number of ether oxygens (including phenoxy) is 1. The van der Waals surface area contributed by atoms with Gasteiger partial charge < -0.3 is 14.5 Å². The topological polar surface area (TPSA) is 68.5 Å². The summed E-state index contributed by atoms with van der Waals surface area (Å²) in [5.74, 6) is 0.0653. The first kappa shape index (κ1) is 15.3. The number of hydrogen-bond donors (Lipinski definition) is 1. The van der Waals surface area contributed by atoms with Crippen LogP contribution in [-0.2, 0) is 4.74 Å². The van der Waals surface area contributed by atoms with Crippen LogP contribution in [0.5, 0.6) is 0 Å². The van der Waals surface area contributed by atoms with Crippen LogP contribution in [0.15, 0.2) is 16.5 Å².